The van der Waals surface area contributed by atoms with E-state index in [9.17, 15) is 14.9 Å². The average molecular weight is 303 g/mol. The molecule has 8 heteroatoms. The quantitative estimate of drug-likeness (QED) is 0.304. The molecule has 4 N–H and O–H groups in total. The Morgan fingerprint density at radius 1 is 1.35 bits per heavy atom. The van der Waals surface area contributed by atoms with Crippen molar-refractivity contribution in [2.75, 3.05) is 25.4 Å². The molecule has 0 saturated heterocycles. The van der Waals surface area contributed by atoms with Crippen molar-refractivity contribution in [1.82, 2.24) is 10.6 Å². The van der Waals surface area contributed by atoms with Crippen LogP contribution < -0.4 is 16.4 Å². The van der Waals surface area contributed by atoms with Crippen molar-refractivity contribution in [3.8, 4) is 0 Å². The fourth-order valence-electron chi connectivity index (χ4n) is 1.51. The van der Waals surface area contributed by atoms with E-state index in [0.29, 0.717) is 13.1 Å². The van der Waals surface area contributed by atoms with Crippen molar-refractivity contribution in [2.45, 2.75) is 13.3 Å². The van der Waals surface area contributed by atoms with Gasteiger partial charge in [0.15, 0.2) is 0 Å². The van der Waals surface area contributed by atoms with Gasteiger partial charge in [-0.15, -0.1) is 12.4 Å². The zero-order valence-electron chi connectivity index (χ0n) is 11.2. The van der Waals surface area contributed by atoms with Gasteiger partial charge in [-0.05, 0) is 25.1 Å². The number of nitrogens with one attached hydrogen (secondary N) is 2. The Bertz CT molecular complexity index is 468. The van der Waals surface area contributed by atoms with E-state index in [1.807, 2.05) is 0 Å². The van der Waals surface area contributed by atoms with Gasteiger partial charge in [-0.3, -0.25) is 14.9 Å². The molecule has 20 heavy (non-hydrogen) atoms. The first kappa shape index (κ1) is 18.1. The van der Waals surface area contributed by atoms with Crippen LogP contribution in [0, 0.1) is 10.1 Å². The lowest BCUT2D eigenvalue weighted by Gasteiger charge is -2.06. The number of nitrogen functional groups attached to an aromatic ring is 1. The third-order valence-electron chi connectivity index (χ3n) is 2.50. The number of nitrogens with two attached hydrogens (primary N) is 1. The Morgan fingerprint density at radius 3 is 2.65 bits per heavy atom. The minimum Gasteiger partial charge on any atom is -0.393 e. The highest BCUT2D eigenvalue weighted by Crippen LogP contribution is 2.22. The maximum atomic E-state index is 11.8. The number of hydrogen-bond acceptors (Lipinski definition) is 5. The molecule has 0 aliphatic carbocycles. The number of nitro benzene ring substituents is 1. The van der Waals surface area contributed by atoms with Crippen LogP contribution in [0.25, 0.3) is 0 Å². The van der Waals surface area contributed by atoms with Crippen LogP contribution in [0.15, 0.2) is 18.2 Å². The zero-order valence-corrected chi connectivity index (χ0v) is 12.0. The van der Waals surface area contributed by atoms with E-state index < -0.39 is 4.92 Å². The second-order valence-corrected chi connectivity index (χ2v) is 4.04. The normalized spacial score (nSPS) is 9.65. The summed E-state index contributed by atoms with van der Waals surface area (Å²) in [5, 5.41) is 16.5. The van der Waals surface area contributed by atoms with E-state index in [2.05, 4.69) is 17.6 Å². The maximum Gasteiger partial charge on any atom is 0.292 e. The lowest BCUT2D eigenvalue weighted by atomic mass is 10.1. The summed E-state index contributed by atoms with van der Waals surface area (Å²) >= 11 is 0. The molecular formula is C12H19ClN4O3. The number of anilines is 1. The highest BCUT2D eigenvalue weighted by atomic mass is 35.5. The van der Waals surface area contributed by atoms with Crippen molar-refractivity contribution in [3.63, 3.8) is 0 Å². The predicted molar refractivity (Wildman–Crippen MR) is 80.3 cm³/mol. The fraction of sp³-hybridized carbons (Fsp3) is 0.417. The number of carbonyl (C=O) groups is 1. The second kappa shape index (κ2) is 9.11. The third-order valence-corrected chi connectivity index (χ3v) is 2.50. The first-order valence-corrected chi connectivity index (χ1v) is 6.09. The number of nitro groups is 1. The topological polar surface area (TPSA) is 110 Å². The van der Waals surface area contributed by atoms with Crippen LogP contribution in [-0.4, -0.2) is 30.5 Å². The maximum absolute atomic E-state index is 11.8. The third kappa shape index (κ3) is 5.41. The van der Waals surface area contributed by atoms with E-state index in [0.717, 1.165) is 13.0 Å². The van der Waals surface area contributed by atoms with Crippen molar-refractivity contribution in [3.05, 3.63) is 33.9 Å². The van der Waals surface area contributed by atoms with Gasteiger partial charge < -0.3 is 16.4 Å². The molecule has 0 saturated carbocycles. The Kier molecular flexibility index (Phi) is 8.26. The summed E-state index contributed by atoms with van der Waals surface area (Å²) in [7, 11) is 0. The predicted octanol–water partition coefficient (Wildman–Crippen LogP) is 1.33. The summed E-state index contributed by atoms with van der Waals surface area (Å²) in [6.07, 6.45) is 1.03. The first-order valence-electron chi connectivity index (χ1n) is 6.09. The van der Waals surface area contributed by atoms with Gasteiger partial charge in [0.2, 0.25) is 0 Å². The van der Waals surface area contributed by atoms with Crippen LogP contribution in [0.3, 0.4) is 0 Å². The Balaban J connectivity index is 0.00000361. The minimum absolute atomic E-state index is 0. The van der Waals surface area contributed by atoms with E-state index >= 15 is 0 Å². The van der Waals surface area contributed by atoms with E-state index in [-0.39, 0.29) is 35.3 Å². The highest BCUT2D eigenvalue weighted by molar-refractivity contribution is 5.95. The average Bonchev–Trinajstić information content (AvgIpc) is 2.38. The molecule has 112 valence electrons. The van der Waals surface area contributed by atoms with Crippen molar-refractivity contribution in [1.29, 1.82) is 0 Å². The van der Waals surface area contributed by atoms with Crippen LogP contribution >= 0.6 is 12.4 Å². The fourth-order valence-corrected chi connectivity index (χ4v) is 1.51. The molecule has 1 aromatic rings. The van der Waals surface area contributed by atoms with Gasteiger partial charge in [-0.1, -0.05) is 6.92 Å². The van der Waals surface area contributed by atoms with E-state index in [1.165, 1.54) is 18.2 Å². The largest absolute Gasteiger partial charge is 0.393 e. The standard InChI is InChI=1S/C12H18N4O3.ClH/c1-2-5-14-6-7-15-12(17)9-3-4-10(13)11(8-9)16(18)19;/h3-4,8,14H,2,5-7,13H2,1H3,(H,15,17);1H. The number of amides is 1. The lowest BCUT2D eigenvalue weighted by Crippen LogP contribution is -2.32. The number of halogens is 1. The Morgan fingerprint density at radius 2 is 2.05 bits per heavy atom. The van der Waals surface area contributed by atoms with Crippen molar-refractivity contribution < 1.29 is 9.72 Å². The summed E-state index contributed by atoms with van der Waals surface area (Å²) in [4.78, 5) is 21.9. The van der Waals surface area contributed by atoms with Crippen molar-refractivity contribution >= 4 is 29.7 Å². The SMILES string of the molecule is CCCNCCNC(=O)c1ccc(N)c([N+](=O)[O-])c1.Cl. The molecular weight excluding hydrogens is 284 g/mol. The molecule has 0 spiro atoms. The molecule has 0 bridgehead atoms. The Hall–Kier alpha value is -1.86. The van der Waals surface area contributed by atoms with Crippen LogP contribution in [0.2, 0.25) is 0 Å². The minimum atomic E-state index is -0.602. The van der Waals surface area contributed by atoms with Crippen LogP contribution in [0.4, 0.5) is 11.4 Å². The molecule has 0 radical (unpaired) electrons. The van der Waals surface area contributed by atoms with Crippen LogP contribution in [0.5, 0.6) is 0 Å². The molecule has 0 heterocycles. The molecule has 1 rings (SSSR count). The van der Waals surface area contributed by atoms with Gasteiger partial charge in [-0.2, -0.15) is 0 Å². The number of benzene rings is 1. The molecule has 1 aromatic carbocycles. The smallest absolute Gasteiger partial charge is 0.292 e. The van der Waals surface area contributed by atoms with Gasteiger partial charge in [0.05, 0.1) is 4.92 Å². The molecule has 0 atom stereocenters. The summed E-state index contributed by atoms with van der Waals surface area (Å²) in [6.45, 7) is 4.08. The molecule has 1 amide bonds. The van der Waals surface area contributed by atoms with Gasteiger partial charge in [0.25, 0.3) is 11.6 Å². The number of nitrogens with zero attached hydrogens (tertiary/aromatic N) is 1. The number of rotatable bonds is 7. The zero-order chi connectivity index (χ0) is 14.3. The number of hydrogen-bond donors (Lipinski definition) is 3. The molecule has 0 aliphatic heterocycles. The molecule has 0 aliphatic rings. The van der Waals surface area contributed by atoms with Gasteiger partial charge >= 0.3 is 0 Å². The van der Waals surface area contributed by atoms with Gasteiger partial charge in [0, 0.05) is 24.7 Å². The summed E-state index contributed by atoms with van der Waals surface area (Å²) < 4.78 is 0. The molecule has 0 fully saturated rings. The summed E-state index contributed by atoms with van der Waals surface area (Å²) in [5.41, 5.74) is 5.49. The second-order valence-electron chi connectivity index (χ2n) is 4.04. The highest BCUT2D eigenvalue weighted by Gasteiger charge is 2.15. The summed E-state index contributed by atoms with van der Waals surface area (Å²) in [6, 6.07) is 4.02. The molecule has 7 nitrogen and oxygen atoms in total. The number of carbonyl (C=O) groups excluding carboxylic acids is 1. The first-order chi connectivity index (χ1) is 9.06. The van der Waals surface area contributed by atoms with E-state index in [1.54, 1.807) is 0 Å². The summed E-state index contributed by atoms with van der Waals surface area (Å²) in [5.74, 6) is -0.346. The molecule has 0 aromatic heterocycles. The van der Waals surface area contributed by atoms with Gasteiger partial charge in [-0.25, -0.2) is 0 Å². The van der Waals surface area contributed by atoms with Crippen LogP contribution in [-0.2, 0) is 0 Å². The Labute approximate surface area is 123 Å². The molecule has 0 unspecified atom stereocenters. The van der Waals surface area contributed by atoms with Gasteiger partial charge in [0.1, 0.15) is 5.69 Å². The van der Waals surface area contributed by atoms with Crippen molar-refractivity contribution in [2.24, 2.45) is 0 Å². The van der Waals surface area contributed by atoms with E-state index in [4.69, 9.17) is 5.73 Å². The van der Waals surface area contributed by atoms with Crippen LogP contribution in [0.1, 0.15) is 23.7 Å². The monoisotopic (exact) mass is 302 g/mol. The lowest BCUT2D eigenvalue weighted by molar-refractivity contribution is -0.383.